The number of oxime groups is 1. The van der Waals surface area contributed by atoms with Crippen molar-refractivity contribution in [2.24, 2.45) is 16.3 Å². The Morgan fingerprint density at radius 1 is 1.60 bits per heavy atom. The van der Waals surface area contributed by atoms with Crippen LogP contribution in [-0.2, 0) is 19.2 Å². The number of carbonyl (C=O) groups is 3. The summed E-state index contributed by atoms with van der Waals surface area (Å²) in [6.07, 6.45) is 1.04. The molecule has 0 bridgehead atoms. The van der Waals surface area contributed by atoms with E-state index in [2.05, 4.69) is 9.99 Å². The van der Waals surface area contributed by atoms with E-state index in [1.54, 1.807) is 0 Å². The van der Waals surface area contributed by atoms with E-state index >= 15 is 0 Å². The van der Waals surface area contributed by atoms with Crippen molar-refractivity contribution >= 4 is 35.8 Å². The third-order valence-electron chi connectivity index (χ3n) is 3.14. The highest BCUT2D eigenvalue weighted by Gasteiger charge is 2.55. The Bertz CT molecular complexity index is 484. The number of carboxylic acid groups (broad SMARTS) is 2. The van der Waals surface area contributed by atoms with Crippen molar-refractivity contribution in [2.45, 2.75) is 11.4 Å². The molecule has 2 fully saturated rings. The van der Waals surface area contributed by atoms with Gasteiger partial charge in [0.2, 0.25) is 12.5 Å². The average Bonchev–Trinajstić information content (AvgIpc) is 2.42. The number of rotatable bonds is 5. The highest BCUT2D eigenvalue weighted by atomic mass is 32.2. The van der Waals surface area contributed by atoms with Gasteiger partial charge in [-0.2, -0.15) is 0 Å². The van der Waals surface area contributed by atoms with Crippen LogP contribution in [0.2, 0.25) is 0 Å². The molecule has 20 heavy (non-hydrogen) atoms. The molecule has 110 valence electrons. The smallest absolute Gasteiger partial charge is 0.344 e. The molecule has 0 aliphatic carbocycles. The lowest BCUT2D eigenvalue weighted by Crippen LogP contribution is -2.72. The van der Waals surface area contributed by atoms with Gasteiger partial charge >= 0.3 is 11.9 Å². The van der Waals surface area contributed by atoms with Gasteiger partial charge in [0.15, 0.2) is 0 Å². The standard InChI is InChI=1S/C10H13N3O6S/c11-6-7(16)13-3-10(9(17)18,4-20-8(6)13)2-12-19-1-5(14)15/h2,6,8H,1,3-4,11H2,(H,14,15)(H,17,18)/t6?,8-,10?/m1/s1. The molecule has 0 spiro atoms. The predicted molar refractivity (Wildman–Crippen MR) is 68.1 cm³/mol. The van der Waals surface area contributed by atoms with Crippen LogP contribution in [0.1, 0.15) is 0 Å². The zero-order valence-corrected chi connectivity index (χ0v) is 11.1. The van der Waals surface area contributed by atoms with Crippen LogP contribution in [0.3, 0.4) is 0 Å². The molecule has 2 aliphatic heterocycles. The number of β-lactam (4-membered cyclic amide) rings is 1. The highest BCUT2D eigenvalue weighted by Crippen LogP contribution is 2.40. The van der Waals surface area contributed by atoms with Gasteiger partial charge in [-0.25, -0.2) is 4.79 Å². The molecule has 2 unspecified atom stereocenters. The molecular weight excluding hydrogens is 290 g/mol. The quantitative estimate of drug-likeness (QED) is 0.312. The molecule has 2 saturated heterocycles. The lowest BCUT2D eigenvalue weighted by molar-refractivity contribution is -0.152. The number of carboxylic acids is 2. The van der Waals surface area contributed by atoms with E-state index in [4.69, 9.17) is 10.8 Å². The Morgan fingerprint density at radius 2 is 2.30 bits per heavy atom. The average molecular weight is 303 g/mol. The van der Waals surface area contributed by atoms with Crippen molar-refractivity contribution < 1.29 is 29.4 Å². The van der Waals surface area contributed by atoms with Crippen LogP contribution in [0, 0.1) is 5.41 Å². The Morgan fingerprint density at radius 3 is 2.90 bits per heavy atom. The van der Waals surface area contributed by atoms with Crippen molar-refractivity contribution in [3.63, 3.8) is 0 Å². The number of thioether (sulfide) groups is 1. The van der Waals surface area contributed by atoms with Crippen molar-refractivity contribution in [3.8, 4) is 0 Å². The molecule has 1 amide bonds. The van der Waals surface area contributed by atoms with Crippen LogP contribution in [0.5, 0.6) is 0 Å². The van der Waals surface area contributed by atoms with Crippen LogP contribution >= 0.6 is 11.8 Å². The molecule has 4 N–H and O–H groups in total. The normalized spacial score (nSPS) is 32.6. The first kappa shape index (κ1) is 14.6. The number of hydrogen-bond donors (Lipinski definition) is 3. The predicted octanol–water partition coefficient (Wildman–Crippen LogP) is -1.61. The van der Waals surface area contributed by atoms with Crippen LogP contribution in [0.15, 0.2) is 5.16 Å². The van der Waals surface area contributed by atoms with Crippen LogP contribution in [-0.4, -0.2) is 69.5 Å². The Labute approximate surface area is 117 Å². The van der Waals surface area contributed by atoms with Crippen molar-refractivity contribution in [3.05, 3.63) is 0 Å². The summed E-state index contributed by atoms with van der Waals surface area (Å²) in [4.78, 5) is 39.1. The summed E-state index contributed by atoms with van der Waals surface area (Å²) < 4.78 is 0. The third kappa shape index (κ3) is 2.43. The van der Waals surface area contributed by atoms with Gasteiger partial charge in [0.1, 0.15) is 16.8 Å². The summed E-state index contributed by atoms with van der Waals surface area (Å²) in [5.74, 6) is -2.48. The number of amides is 1. The molecule has 9 nitrogen and oxygen atoms in total. The van der Waals surface area contributed by atoms with Gasteiger partial charge in [-0.05, 0) is 0 Å². The highest BCUT2D eigenvalue weighted by molar-refractivity contribution is 8.00. The summed E-state index contributed by atoms with van der Waals surface area (Å²) in [7, 11) is 0. The maximum absolute atomic E-state index is 11.6. The monoisotopic (exact) mass is 303 g/mol. The van der Waals surface area contributed by atoms with Crippen molar-refractivity contribution in [1.29, 1.82) is 0 Å². The molecule has 3 atom stereocenters. The molecule has 0 aromatic heterocycles. The zero-order chi connectivity index (χ0) is 14.9. The fraction of sp³-hybridized carbons (Fsp3) is 0.600. The fourth-order valence-electron chi connectivity index (χ4n) is 1.99. The molecule has 0 aromatic carbocycles. The summed E-state index contributed by atoms with van der Waals surface area (Å²) in [6.45, 7) is -0.706. The van der Waals surface area contributed by atoms with Gasteiger partial charge in [0, 0.05) is 12.3 Å². The van der Waals surface area contributed by atoms with Gasteiger partial charge in [-0.15, -0.1) is 11.8 Å². The number of aliphatic carboxylic acids is 2. The first-order valence-corrected chi connectivity index (χ1v) is 6.71. The van der Waals surface area contributed by atoms with E-state index in [0.29, 0.717) is 0 Å². The SMILES string of the molecule is NC1C(=O)N2CC(C=NOCC(=O)O)(C(=O)O)CS[C@H]12. The number of hydrogen-bond acceptors (Lipinski definition) is 7. The number of nitrogens with two attached hydrogens (primary N) is 1. The molecule has 10 heteroatoms. The van der Waals surface area contributed by atoms with Gasteiger partial charge in [0.25, 0.3) is 0 Å². The Kier molecular flexibility index (Phi) is 3.86. The minimum absolute atomic E-state index is 0.0491. The van der Waals surface area contributed by atoms with Gasteiger partial charge in [0.05, 0.1) is 6.21 Å². The Hall–Kier alpha value is -1.81. The fourth-order valence-corrected chi connectivity index (χ4v) is 3.43. The number of carbonyl (C=O) groups excluding carboxylic acids is 1. The van der Waals surface area contributed by atoms with Gasteiger partial charge in [-0.3, -0.25) is 9.59 Å². The third-order valence-corrected chi connectivity index (χ3v) is 4.71. The molecule has 0 aromatic rings. The van der Waals surface area contributed by atoms with E-state index in [-0.39, 0.29) is 23.6 Å². The lowest BCUT2D eigenvalue weighted by Gasteiger charge is -2.51. The van der Waals surface area contributed by atoms with E-state index in [9.17, 15) is 19.5 Å². The van der Waals surface area contributed by atoms with Crippen LogP contribution in [0.25, 0.3) is 0 Å². The number of nitrogens with zero attached hydrogens (tertiary/aromatic N) is 2. The molecule has 2 aliphatic rings. The van der Waals surface area contributed by atoms with Crippen LogP contribution < -0.4 is 5.73 Å². The molecule has 2 rings (SSSR count). The lowest BCUT2D eigenvalue weighted by atomic mass is 9.89. The second kappa shape index (κ2) is 5.29. The zero-order valence-electron chi connectivity index (χ0n) is 10.3. The minimum Gasteiger partial charge on any atom is -0.480 e. The summed E-state index contributed by atoms with van der Waals surface area (Å²) in [5, 5.41) is 20.9. The van der Waals surface area contributed by atoms with E-state index < -0.39 is 30.0 Å². The van der Waals surface area contributed by atoms with Crippen molar-refractivity contribution in [2.75, 3.05) is 18.9 Å². The molecule has 2 heterocycles. The van der Waals surface area contributed by atoms with Gasteiger partial charge < -0.3 is 25.7 Å². The maximum Gasteiger partial charge on any atom is 0.344 e. The van der Waals surface area contributed by atoms with E-state index in [1.165, 1.54) is 16.7 Å². The van der Waals surface area contributed by atoms with Crippen molar-refractivity contribution in [1.82, 2.24) is 4.90 Å². The topological polar surface area (TPSA) is 143 Å². The Balaban J connectivity index is 2.06. The summed E-state index contributed by atoms with van der Waals surface area (Å²) >= 11 is 1.26. The molecular formula is C10H13N3O6S. The second-order valence-electron chi connectivity index (χ2n) is 4.56. The maximum atomic E-state index is 11.6. The first-order valence-electron chi connectivity index (χ1n) is 5.67. The van der Waals surface area contributed by atoms with Crippen LogP contribution in [0.4, 0.5) is 0 Å². The summed E-state index contributed by atoms with van der Waals surface area (Å²) in [6, 6.07) is -0.591. The first-order chi connectivity index (χ1) is 9.37. The van der Waals surface area contributed by atoms with E-state index in [0.717, 1.165) is 6.21 Å². The largest absolute Gasteiger partial charge is 0.480 e. The minimum atomic E-state index is -1.39. The van der Waals surface area contributed by atoms with Gasteiger partial charge in [-0.1, -0.05) is 5.16 Å². The summed E-state index contributed by atoms with van der Waals surface area (Å²) in [5.41, 5.74) is 4.22. The molecule has 0 saturated carbocycles. The van der Waals surface area contributed by atoms with E-state index in [1.807, 2.05) is 0 Å². The second-order valence-corrected chi connectivity index (χ2v) is 5.66. The molecule has 0 radical (unpaired) electrons. The number of fused-ring (bicyclic) bond motifs is 1.